The second-order valence-corrected chi connectivity index (χ2v) is 4.78. The monoisotopic (exact) mass is 357 g/mol. The van der Waals surface area contributed by atoms with Crippen LogP contribution in [0.3, 0.4) is 0 Å². The molecule has 2 rings (SSSR count). The smallest absolute Gasteiger partial charge is 0.387 e. The predicted molar refractivity (Wildman–Crippen MR) is 77.4 cm³/mol. The summed E-state index contributed by atoms with van der Waals surface area (Å²) in [5.41, 5.74) is 5.93. The molecule has 0 atom stereocenters. The normalized spacial score (nSPS) is 10.5. The first-order chi connectivity index (χ1) is 9.97. The first-order valence-electron chi connectivity index (χ1n) is 5.73. The summed E-state index contributed by atoms with van der Waals surface area (Å²) in [6.07, 6.45) is 1.36. The molecule has 0 aliphatic heterocycles. The second-order valence-electron chi connectivity index (χ2n) is 3.93. The minimum Gasteiger partial charge on any atom is -0.434 e. The van der Waals surface area contributed by atoms with Crippen molar-refractivity contribution < 1.29 is 18.3 Å². The highest BCUT2D eigenvalue weighted by Gasteiger charge is 2.16. The fourth-order valence-electron chi connectivity index (χ4n) is 1.57. The fourth-order valence-corrected chi connectivity index (χ4v) is 2.04. The zero-order valence-corrected chi connectivity index (χ0v) is 12.1. The van der Waals surface area contributed by atoms with Crippen LogP contribution in [0.1, 0.15) is 10.4 Å². The number of nitrogens with two attached hydrogens (primary N) is 1. The van der Waals surface area contributed by atoms with Gasteiger partial charge in [-0.15, -0.1) is 0 Å². The van der Waals surface area contributed by atoms with E-state index in [9.17, 15) is 13.6 Å². The molecule has 110 valence electrons. The summed E-state index contributed by atoms with van der Waals surface area (Å²) in [5, 5.41) is 2.49. The topological polar surface area (TPSA) is 77.2 Å². The summed E-state index contributed by atoms with van der Waals surface area (Å²) in [6, 6.07) is 7.25. The summed E-state index contributed by atoms with van der Waals surface area (Å²) in [6.45, 7) is -3.01. The summed E-state index contributed by atoms with van der Waals surface area (Å²) in [4.78, 5) is 16.1. The lowest BCUT2D eigenvalue weighted by molar-refractivity contribution is -0.0501. The quantitative estimate of drug-likeness (QED) is 0.880. The first kappa shape index (κ1) is 15.2. The zero-order chi connectivity index (χ0) is 15.4. The Bertz CT molecular complexity index is 668. The lowest BCUT2D eigenvalue weighted by Gasteiger charge is -2.11. The number of hydrogen-bond acceptors (Lipinski definition) is 4. The lowest BCUT2D eigenvalue weighted by atomic mass is 10.2. The van der Waals surface area contributed by atoms with Gasteiger partial charge in [0.05, 0.1) is 21.9 Å². The van der Waals surface area contributed by atoms with E-state index in [0.29, 0.717) is 10.2 Å². The molecule has 1 aromatic carbocycles. The van der Waals surface area contributed by atoms with Crippen LogP contribution in [0.15, 0.2) is 41.0 Å². The Morgan fingerprint density at radius 3 is 2.76 bits per heavy atom. The number of halogens is 3. The van der Waals surface area contributed by atoms with Crippen molar-refractivity contribution in [3.8, 4) is 5.75 Å². The summed E-state index contributed by atoms with van der Waals surface area (Å²) >= 11 is 3.20. The number of pyridine rings is 1. The molecule has 2 aromatic rings. The Morgan fingerprint density at radius 2 is 2.10 bits per heavy atom. The number of anilines is 2. The maximum Gasteiger partial charge on any atom is 0.387 e. The minimum absolute atomic E-state index is 0.0247. The maximum absolute atomic E-state index is 12.3. The largest absolute Gasteiger partial charge is 0.434 e. The molecular formula is C13H10BrF2N3O2. The molecule has 1 heterocycles. The van der Waals surface area contributed by atoms with Crippen LogP contribution in [0.5, 0.6) is 5.75 Å². The number of nitrogens with one attached hydrogen (secondary N) is 1. The molecule has 1 amide bonds. The predicted octanol–water partition coefficient (Wildman–Crippen LogP) is 3.28. The number of hydrogen-bond donors (Lipinski definition) is 2. The van der Waals surface area contributed by atoms with E-state index in [1.807, 2.05) is 0 Å². The van der Waals surface area contributed by atoms with Crippen molar-refractivity contribution in [1.29, 1.82) is 0 Å². The number of para-hydroxylation sites is 1. The number of amides is 1. The summed E-state index contributed by atoms with van der Waals surface area (Å²) in [7, 11) is 0. The van der Waals surface area contributed by atoms with E-state index in [0.717, 1.165) is 0 Å². The number of nitrogen functional groups attached to an aromatic ring is 1. The van der Waals surface area contributed by atoms with Crippen molar-refractivity contribution in [2.75, 3.05) is 11.1 Å². The molecule has 0 unspecified atom stereocenters. The Labute approximate surface area is 127 Å². The second kappa shape index (κ2) is 6.49. The highest BCUT2D eigenvalue weighted by Crippen LogP contribution is 2.25. The number of ether oxygens (including phenoxy) is 1. The molecule has 5 nitrogen and oxygen atoms in total. The van der Waals surface area contributed by atoms with Crippen molar-refractivity contribution in [1.82, 2.24) is 4.98 Å². The third-order valence-corrected chi connectivity index (χ3v) is 3.05. The molecule has 21 heavy (non-hydrogen) atoms. The molecule has 0 bridgehead atoms. The molecule has 8 heteroatoms. The Morgan fingerprint density at radius 1 is 1.38 bits per heavy atom. The van der Waals surface area contributed by atoms with Gasteiger partial charge >= 0.3 is 6.61 Å². The van der Waals surface area contributed by atoms with Crippen molar-refractivity contribution >= 4 is 33.3 Å². The van der Waals surface area contributed by atoms with Gasteiger partial charge in [-0.3, -0.25) is 4.79 Å². The molecule has 3 N–H and O–H groups in total. The van der Waals surface area contributed by atoms with Crippen molar-refractivity contribution in [2.45, 2.75) is 6.61 Å². The summed E-state index contributed by atoms with van der Waals surface area (Å²) in [5.74, 6) is -0.609. The molecule has 0 saturated carbocycles. The number of benzene rings is 1. The van der Waals surface area contributed by atoms with Crippen molar-refractivity contribution in [3.05, 3.63) is 46.6 Å². The number of carbonyl (C=O) groups excluding carboxylic acids is 1. The third kappa shape index (κ3) is 3.88. The van der Waals surface area contributed by atoms with Crippen LogP contribution in [0.2, 0.25) is 0 Å². The third-order valence-electron chi connectivity index (χ3n) is 2.44. The molecule has 0 aliphatic carbocycles. The fraction of sp³-hybridized carbons (Fsp3) is 0.0769. The maximum atomic E-state index is 12.3. The van der Waals surface area contributed by atoms with Crippen LogP contribution in [0, 0.1) is 0 Å². The molecule has 0 aliphatic rings. The summed E-state index contributed by atoms with van der Waals surface area (Å²) < 4.78 is 29.4. The van der Waals surface area contributed by atoms with E-state index >= 15 is 0 Å². The van der Waals surface area contributed by atoms with E-state index in [1.54, 1.807) is 12.1 Å². The van der Waals surface area contributed by atoms with Gasteiger partial charge in [-0.25, -0.2) is 4.98 Å². The average Bonchev–Trinajstić information content (AvgIpc) is 2.42. The van der Waals surface area contributed by atoms with Crippen LogP contribution < -0.4 is 15.8 Å². The van der Waals surface area contributed by atoms with Gasteiger partial charge in [-0.05, 0) is 34.1 Å². The van der Waals surface area contributed by atoms with E-state index in [1.165, 1.54) is 24.4 Å². The van der Waals surface area contributed by atoms with Gasteiger partial charge in [0.25, 0.3) is 5.91 Å². The molecular weight excluding hydrogens is 348 g/mol. The van der Waals surface area contributed by atoms with Gasteiger partial charge in [0.2, 0.25) is 0 Å². The Balaban J connectivity index is 2.24. The highest BCUT2D eigenvalue weighted by molar-refractivity contribution is 9.10. The molecule has 0 spiro atoms. The number of carbonyl (C=O) groups is 1. The van der Waals surface area contributed by atoms with Gasteiger partial charge in [0, 0.05) is 0 Å². The average molecular weight is 358 g/mol. The van der Waals surface area contributed by atoms with Crippen LogP contribution in [0.4, 0.5) is 20.3 Å². The van der Waals surface area contributed by atoms with Crippen molar-refractivity contribution in [2.24, 2.45) is 0 Å². The minimum atomic E-state index is -3.01. The van der Waals surface area contributed by atoms with E-state index in [-0.39, 0.29) is 17.1 Å². The number of rotatable bonds is 4. The highest BCUT2D eigenvalue weighted by atomic mass is 79.9. The Hall–Kier alpha value is -2.22. The SMILES string of the molecule is Nc1cnc(NC(=O)c2ccccc2OC(F)F)c(Br)c1. The van der Waals surface area contributed by atoms with E-state index in [2.05, 4.69) is 31.0 Å². The zero-order valence-electron chi connectivity index (χ0n) is 10.5. The van der Waals surface area contributed by atoms with Crippen LogP contribution in [0.25, 0.3) is 0 Å². The van der Waals surface area contributed by atoms with E-state index in [4.69, 9.17) is 5.73 Å². The van der Waals surface area contributed by atoms with Gasteiger partial charge in [-0.2, -0.15) is 8.78 Å². The number of aromatic nitrogens is 1. The van der Waals surface area contributed by atoms with Crippen molar-refractivity contribution in [3.63, 3.8) is 0 Å². The number of nitrogens with zero attached hydrogens (tertiary/aromatic N) is 1. The molecule has 0 radical (unpaired) electrons. The van der Waals surface area contributed by atoms with E-state index < -0.39 is 12.5 Å². The number of alkyl halides is 2. The first-order valence-corrected chi connectivity index (χ1v) is 6.53. The molecule has 0 fully saturated rings. The van der Waals surface area contributed by atoms with Crippen LogP contribution >= 0.6 is 15.9 Å². The lowest BCUT2D eigenvalue weighted by Crippen LogP contribution is -2.16. The van der Waals surface area contributed by atoms with Crippen LogP contribution in [-0.2, 0) is 0 Å². The standard InChI is InChI=1S/C13H10BrF2N3O2/c14-9-5-7(17)6-18-11(9)19-12(20)8-3-1-2-4-10(8)21-13(15)16/h1-6,13H,17H2,(H,18,19,20). The van der Waals surface area contributed by atoms with Gasteiger partial charge in [0.15, 0.2) is 0 Å². The molecule has 0 saturated heterocycles. The molecule has 1 aromatic heterocycles. The van der Waals surface area contributed by atoms with Gasteiger partial charge in [-0.1, -0.05) is 12.1 Å². The van der Waals surface area contributed by atoms with Gasteiger partial charge in [0.1, 0.15) is 11.6 Å². The Kier molecular flexibility index (Phi) is 4.69. The van der Waals surface area contributed by atoms with Crippen LogP contribution in [-0.4, -0.2) is 17.5 Å². The van der Waals surface area contributed by atoms with Gasteiger partial charge < -0.3 is 15.8 Å².